The molecule has 0 radical (unpaired) electrons. The van der Waals surface area contributed by atoms with Gasteiger partial charge < -0.3 is 10.5 Å². The quantitative estimate of drug-likeness (QED) is 0.927. The summed E-state index contributed by atoms with van der Waals surface area (Å²) >= 11 is 0. The van der Waals surface area contributed by atoms with E-state index in [2.05, 4.69) is 0 Å². The summed E-state index contributed by atoms with van der Waals surface area (Å²) in [7, 11) is 0. The highest BCUT2D eigenvalue weighted by molar-refractivity contribution is 5.39. The van der Waals surface area contributed by atoms with Crippen LogP contribution in [0.25, 0.3) is 0 Å². The summed E-state index contributed by atoms with van der Waals surface area (Å²) in [6.07, 6.45) is 0.368. The van der Waals surface area contributed by atoms with Crippen molar-refractivity contribution in [2.24, 2.45) is 5.73 Å². The Hall–Kier alpha value is -2.01. The molecule has 0 bridgehead atoms. The van der Waals surface area contributed by atoms with Crippen molar-refractivity contribution in [2.45, 2.75) is 13.3 Å². The standard InChI is InChI=1S/C15H14F3NO/c1-9-2-3-11(16)8-14(9)20-15-12(17)6-10(4-5-19)7-13(15)18/h2-3,6-8H,4-5,19H2,1H3. The van der Waals surface area contributed by atoms with Gasteiger partial charge in [-0.2, -0.15) is 0 Å². The molecule has 0 fully saturated rings. The van der Waals surface area contributed by atoms with Crippen molar-refractivity contribution in [1.82, 2.24) is 0 Å². The van der Waals surface area contributed by atoms with Crippen LogP contribution in [0.1, 0.15) is 11.1 Å². The molecule has 0 unspecified atom stereocenters. The van der Waals surface area contributed by atoms with Gasteiger partial charge in [0, 0.05) is 6.07 Å². The molecular formula is C15H14F3NO. The smallest absolute Gasteiger partial charge is 0.198 e. The molecule has 106 valence electrons. The Morgan fingerprint density at radius 3 is 2.30 bits per heavy atom. The molecule has 0 spiro atoms. The number of aryl methyl sites for hydroxylation is 1. The highest BCUT2D eigenvalue weighted by Gasteiger charge is 2.15. The van der Waals surface area contributed by atoms with Crippen LogP contribution in [-0.4, -0.2) is 6.54 Å². The normalized spacial score (nSPS) is 10.7. The molecule has 0 saturated heterocycles. The van der Waals surface area contributed by atoms with Crippen molar-refractivity contribution >= 4 is 0 Å². The van der Waals surface area contributed by atoms with Crippen LogP contribution in [0, 0.1) is 24.4 Å². The molecule has 2 N–H and O–H groups in total. The molecule has 2 aromatic carbocycles. The second-order valence-electron chi connectivity index (χ2n) is 4.44. The second kappa shape index (κ2) is 5.96. The lowest BCUT2D eigenvalue weighted by atomic mass is 10.1. The zero-order valence-electron chi connectivity index (χ0n) is 10.9. The third-order valence-corrected chi connectivity index (χ3v) is 2.85. The Morgan fingerprint density at radius 1 is 1.05 bits per heavy atom. The fraction of sp³-hybridized carbons (Fsp3) is 0.200. The number of halogens is 3. The van der Waals surface area contributed by atoms with Crippen molar-refractivity contribution in [1.29, 1.82) is 0 Å². The van der Waals surface area contributed by atoms with Crippen LogP contribution in [0.3, 0.4) is 0 Å². The van der Waals surface area contributed by atoms with Crippen LogP contribution < -0.4 is 10.5 Å². The first kappa shape index (κ1) is 14.4. The minimum absolute atomic E-state index is 0.0781. The summed E-state index contributed by atoms with van der Waals surface area (Å²) < 4.78 is 46.0. The largest absolute Gasteiger partial charge is 0.451 e. The highest BCUT2D eigenvalue weighted by atomic mass is 19.1. The molecule has 0 aromatic heterocycles. The first-order valence-electron chi connectivity index (χ1n) is 6.13. The third kappa shape index (κ3) is 3.11. The monoisotopic (exact) mass is 281 g/mol. The Morgan fingerprint density at radius 2 is 1.70 bits per heavy atom. The maximum atomic E-state index is 13.9. The summed E-state index contributed by atoms with van der Waals surface area (Å²) in [5, 5.41) is 0. The predicted molar refractivity (Wildman–Crippen MR) is 70.3 cm³/mol. The van der Waals surface area contributed by atoms with Crippen LogP contribution in [0.5, 0.6) is 11.5 Å². The lowest BCUT2D eigenvalue weighted by Gasteiger charge is -2.11. The van der Waals surface area contributed by atoms with Gasteiger partial charge in [-0.25, -0.2) is 13.2 Å². The number of hydrogen-bond acceptors (Lipinski definition) is 2. The van der Waals surface area contributed by atoms with E-state index in [0.717, 1.165) is 6.07 Å². The average molecular weight is 281 g/mol. The van der Waals surface area contributed by atoms with Gasteiger partial charge in [-0.3, -0.25) is 0 Å². The van der Waals surface area contributed by atoms with Gasteiger partial charge in [0.25, 0.3) is 0 Å². The van der Waals surface area contributed by atoms with E-state index < -0.39 is 23.2 Å². The molecule has 0 atom stereocenters. The predicted octanol–water partition coefficient (Wildman–Crippen LogP) is 3.71. The van der Waals surface area contributed by atoms with E-state index in [1.54, 1.807) is 6.92 Å². The van der Waals surface area contributed by atoms with Crippen molar-refractivity contribution in [3.05, 3.63) is 58.9 Å². The third-order valence-electron chi connectivity index (χ3n) is 2.85. The van der Waals surface area contributed by atoms with Gasteiger partial charge in [0.05, 0.1) is 0 Å². The maximum Gasteiger partial charge on any atom is 0.198 e. The van der Waals surface area contributed by atoms with Crippen LogP contribution >= 0.6 is 0 Å². The van der Waals surface area contributed by atoms with E-state index >= 15 is 0 Å². The lowest BCUT2D eigenvalue weighted by molar-refractivity contribution is 0.402. The molecule has 0 aliphatic carbocycles. The molecular weight excluding hydrogens is 267 g/mol. The van der Waals surface area contributed by atoms with Gasteiger partial charge in [-0.15, -0.1) is 0 Å². The number of hydrogen-bond donors (Lipinski definition) is 1. The number of benzene rings is 2. The Bertz CT molecular complexity index is 606. The molecule has 0 heterocycles. The lowest BCUT2D eigenvalue weighted by Crippen LogP contribution is -2.04. The van der Waals surface area contributed by atoms with E-state index in [9.17, 15) is 13.2 Å². The molecule has 2 rings (SSSR count). The molecule has 5 heteroatoms. The summed E-state index contributed by atoms with van der Waals surface area (Å²) in [5.74, 6) is -2.67. The first-order valence-corrected chi connectivity index (χ1v) is 6.13. The SMILES string of the molecule is Cc1ccc(F)cc1Oc1c(F)cc(CCN)cc1F. The minimum Gasteiger partial charge on any atom is -0.451 e. The Balaban J connectivity index is 2.36. The first-order chi connectivity index (χ1) is 9.51. The van der Waals surface area contributed by atoms with Crippen molar-refractivity contribution in [2.75, 3.05) is 6.54 Å². The van der Waals surface area contributed by atoms with Crippen molar-refractivity contribution in [3.8, 4) is 11.5 Å². The Kier molecular flexibility index (Phi) is 4.29. The molecule has 0 amide bonds. The van der Waals surface area contributed by atoms with Crippen LogP contribution in [-0.2, 0) is 6.42 Å². The fourth-order valence-corrected chi connectivity index (χ4v) is 1.81. The number of ether oxygens (including phenoxy) is 1. The van der Waals surface area contributed by atoms with Crippen LogP contribution in [0.2, 0.25) is 0 Å². The zero-order chi connectivity index (χ0) is 14.7. The van der Waals surface area contributed by atoms with Gasteiger partial charge >= 0.3 is 0 Å². The molecule has 2 aromatic rings. The average Bonchev–Trinajstić information content (AvgIpc) is 2.38. The van der Waals surface area contributed by atoms with Crippen molar-refractivity contribution < 1.29 is 17.9 Å². The van der Waals surface area contributed by atoms with Gasteiger partial charge in [0.1, 0.15) is 11.6 Å². The maximum absolute atomic E-state index is 13.9. The minimum atomic E-state index is -0.836. The summed E-state index contributed by atoms with van der Waals surface area (Å²) in [5.41, 5.74) is 6.37. The Labute approximate surface area is 115 Å². The fourth-order valence-electron chi connectivity index (χ4n) is 1.81. The van der Waals surface area contributed by atoms with Crippen LogP contribution in [0.15, 0.2) is 30.3 Å². The van der Waals surface area contributed by atoms with Gasteiger partial charge in [-0.05, 0) is 49.2 Å². The molecule has 20 heavy (non-hydrogen) atoms. The molecule has 0 aliphatic rings. The zero-order valence-corrected chi connectivity index (χ0v) is 10.9. The van der Waals surface area contributed by atoms with E-state index in [0.29, 0.717) is 24.1 Å². The highest BCUT2D eigenvalue weighted by Crippen LogP contribution is 2.31. The van der Waals surface area contributed by atoms with Gasteiger partial charge in [-0.1, -0.05) is 6.07 Å². The van der Waals surface area contributed by atoms with E-state index in [4.69, 9.17) is 10.5 Å². The van der Waals surface area contributed by atoms with Gasteiger partial charge in [0.2, 0.25) is 0 Å². The molecule has 0 aliphatic heterocycles. The number of rotatable bonds is 4. The van der Waals surface area contributed by atoms with Crippen molar-refractivity contribution in [3.63, 3.8) is 0 Å². The number of nitrogens with two attached hydrogens (primary N) is 1. The summed E-state index contributed by atoms with van der Waals surface area (Å²) in [6, 6.07) is 6.14. The summed E-state index contributed by atoms with van der Waals surface area (Å²) in [6.45, 7) is 1.95. The molecule has 0 saturated carbocycles. The second-order valence-corrected chi connectivity index (χ2v) is 4.44. The van der Waals surface area contributed by atoms with E-state index in [-0.39, 0.29) is 5.75 Å². The van der Waals surface area contributed by atoms with Crippen LogP contribution in [0.4, 0.5) is 13.2 Å². The van der Waals surface area contributed by atoms with E-state index in [1.807, 2.05) is 0 Å². The topological polar surface area (TPSA) is 35.2 Å². The molecule has 2 nitrogen and oxygen atoms in total. The van der Waals surface area contributed by atoms with E-state index in [1.165, 1.54) is 24.3 Å². The summed E-state index contributed by atoms with van der Waals surface area (Å²) in [4.78, 5) is 0. The van der Waals surface area contributed by atoms with Gasteiger partial charge in [0.15, 0.2) is 17.4 Å².